The molecule has 0 aliphatic carbocycles. The molecule has 0 atom stereocenters. The molecule has 0 aromatic heterocycles. The summed E-state index contributed by atoms with van der Waals surface area (Å²) in [6.07, 6.45) is 4.25. The standard InChI is InChI=1S/C9H16N2O2/c1-4-6-11(9(12)13)8-5-7-10(2)3/h4-5,7H,1,6,8H2,2-3H3,(H,12,13). The van der Waals surface area contributed by atoms with Gasteiger partial charge in [0.25, 0.3) is 0 Å². The molecular formula is C9H16N2O2. The molecule has 0 heterocycles. The van der Waals surface area contributed by atoms with E-state index in [1.54, 1.807) is 12.2 Å². The Kier molecular flexibility index (Phi) is 5.43. The molecule has 4 heteroatoms. The first-order valence-corrected chi connectivity index (χ1v) is 3.99. The van der Waals surface area contributed by atoms with Gasteiger partial charge in [0.05, 0.1) is 0 Å². The Hall–Kier alpha value is -1.45. The minimum Gasteiger partial charge on any atom is -0.465 e. The van der Waals surface area contributed by atoms with Crippen molar-refractivity contribution in [2.45, 2.75) is 0 Å². The zero-order valence-electron chi connectivity index (χ0n) is 8.10. The van der Waals surface area contributed by atoms with Crippen molar-refractivity contribution >= 4 is 6.09 Å². The van der Waals surface area contributed by atoms with Crippen molar-refractivity contribution < 1.29 is 9.90 Å². The molecule has 13 heavy (non-hydrogen) atoms. The van der Waals surface area contributed by atoms with Gasteiger partial charge < -0.3 is 14.9 Å². The summed E-state index contributed by atoms with van der Waals surface area (Å²) in [5, 5.41) is 8.70. The Bertz CT molecular complexity index is 200. The largest absolute Gasteiger partial charge is 0.465 e. The van der Waals surface area contributed by atoms with E-state index in [0.29, 0.717) is 13.1 Å². The summed E-state index contributed by atoms with van der Waals surface area (Å²) in [4.78, 5) is 13.7. The molecule has 0 bridgehead atoms. The van der Waals surface area contributed by atoms with E-state index in [2.05, 4.69) is 6.58 Å². The second-order valence-electron chi connectivity index (χ2n) is 2.82. The van der Waals surface area contributed by atoms with Gasteiger partial charge in [-0.1, -0.05) is 6.08 Å². The second kappa shape index (κ2) is 6.11. The van der Waals surface area contributed by atoms with Gasteiger partial charge in [-0.25, -0.2) is 4.79 Å². The van der Waals surface area contributed by atoms with E-state index in [1.165, 1.54) is 4.90 Å². The number of carboxylic acid groups (broad SMARTS) is 1. The summed E-state index contributed by atoms with van der Waals surface area (Å²) in [5.41, 5.74) is 0. The fourth-order valence-electron chi connectivity index (χ4n) is 0.772. The van der Waals surface area contributed by atoms with Gasteiger partial charge in [0.15, 0.2) is 0 Å². The maximum Gasteiger partial charge on any atom is 0.407 e. The molecule has 1 N–H and O–H groups in total. The number of rotatable bonds is 5. The van der Waals surface area contributed by atoms with E-state index < -0.39 is 6.09 Å². The highest BCUT2D eigenvalue weighted by Gasteiger charge is 2.06. The normalized spacial score (nSPS) is 10.0. The van der Waals surface area contributed by atoms with Crippen LogP contribution < -0.4 is 0 Å². The number of amides is 1. The molecular weight excluding hydrogens is 168 g/mol. The average Bonchev–Trinajstić information content (AvgIpc) is 2.02. The van der Waals surface area contributed by atoms with Crippen molar-refractivity contribution in [1.29, 1.82) is 0 Å². The lowest BCUT2D eigenvalue weighted by Gasteiger charge is -2.14. The Morgan fingerprint density at radius 1 is 1.46 bits per heavy atom. The Labute approximate surface area is 78.8 Å². The molecule has 0 aliphatic heterocycles. The van der Waals surface area contributed by atoms with E-state index in [0.717, 1.165) is 0 Å². The zero-order valence-corrected chi connectivity index (χ0v) is 8.10. The maximum atomic E-state index is 10.6. The lowest BCUT2D eigenvalue weighted by Crippen LogP contribution is -2.29. The predicted molar refractivity (Wildman–Crippen MR) is 52.6 cm³/mol. The maximum absolute atomic E-state index is 10.6. The molecule has 0 aliphatic rings. The van der Waals surface area contributed by atoms with Crippen molar-refractivity contribution in [3.05, 3.63) is 24.9 Å². The van der Waals surface area contributed by atoms with Crippen LogP contribution in [0.2, 0.25) is 0 Å². The van der Waals surface area contributed by atoms with Crippen LogP contribution in [-0.2, 0) is 0 Å². The third-order valence-corrected chi connectivity index (χ3v) is 1.35. The lowest BCUT2D eigenvalue weighted by molar-refractivity contribution is 0.155. The minimum atomic E-state index is -0.927. The first kappa shape index (κ1) is 11.6. The van der Waals surface area contributed by atoms with Gasteiger partial charge in [-0.2, -0.15) is 0 Å². The van der Waals surface area contributed by atoms with Crippen LogP contribution >= 0.6 is 0 Å². The highest BCUT2D eigenvalue weighted by molar-refractivity contribution is 5.65. The van der Waals surface area contributed by atoms with Gasteiger partial charge in [0, 0.05) is 27.2 Å². The summed E-state index contributed by atoms with van der Waals surface area (Å²) in [7, 11) is 3.77. The molecule has 0 saturated carbocycles. The summed E-state index contributed by atoms with van der Waals surface area (Å²) in [5.74, 6) is 0. The van der Waals surface area contributed by atoms with E-state index in [4.69, 9.17) is 5.11 Å². The average molecular weight is 184 g/mol. The van der Waals surface area contributed by atoms with Crippen LogP contribution in [0.4, 0.5) is 4.79 Å². The third-order valence-electron chi connectivity index (χ3n) is 1.35. The monoisotopic (exact) mass is 184 g/mol. The fraction of sp³-hybridized carbons (Fsp3) is 0.444. The highest BCUT2D eigenvalue weighted by Crippen LogP contribution is 1.91. The van der Waals surface area contributed by atoms with Crippen molar-refractivity contribution in [2.24, 2.45) is 0 Å². The van der Waals surface area contributed by atoms with Gasteiger partial charge in [-0.05, 0) is 12.3 Å². The third kappa shape index (κ3) is 5.78. The summed E-state index contributed by atoms with van der Waals surface area (Å²) >= 11 is 0. The van der Waals surface area contributed by atoms with Crippen molar-refractivity contribution in [3.63, 3.8) is 0 Å². The molecule has 0 unspecified atom stereocenters. The molecule has 0 rings (SSSR count). The summed E-state index contributed by atoms with van der Waals surface area (Å²) in [6, 6.07) is 0. The van der Waals surface area contributed by atoms with Gasteiger partial charge in [0.1, 0.15) is 0 Å². The van der Waals surface area contributed by atoms with E-state index >= 15 is 0 Å². The lowest BCUT2D eigenvalue weighted by atomic mass is 10.4. The Morgan fingerprint density at radius 2 is 2.08 bits per heavy atom. The molecule has 1 amide bonds. The quantitative estimate of drug-likeness (QED) is 0.653. The van der Waals surface area contributed by atoms with E-state index in [-0.39, 0.29) is 0 Å². The summed E-state index contributed by atoms with van der Waals surface area (Å²) in [6.45, 7) is 4.23. The number of carbonyl (C=O) groups is 1. The van der Waals surface area contributed by atoms with Crippen molar-refractivity contribution in [1.82, 2.24) is 9.80 Å². The number of nitrogens with zero attached hydrogens (tertiary/aromatic N) is 2. The number of hydrogen-bond donors (Lipinski definition) is 1. The first-order valence-electron chi connectivity index (χ1n) is 3.99. The van der Waals surface area contributed by atoms with Crippen LogP contribution in [0.3, 0.4) is 0 Å². The van der Waals surface area contributed by atoms with Gasteiger partial charge >= 0.3 is 6.09 Å². The van der Waals surface area contributed by atoms with Crippen LogP contribution in [0.5, 0.6) is 0 Å². The first-order chi connectivity index (χ1) is 6.07. The fourth-order valence-corrected chi connectivity index (χ4v) is 0.772. The van der Waals surface area contributed by atoms with Crippen molar-refractivity contribution in [2.75, 3.05) is 27.2 Å². The smallest absolute Gasteiger partial charge is 0.407 e. The SMILES string of the molecule is C=CCN(CC=CN(C)C)C(=O)O. The summed E-state index contributed by atoms with van der Waals surface area (Å²) < 4.78 is 0. The van der Waals surface area contributed by atoms with E-state index in [9.17, 15) is 4.79 Å². The second-order valence-corrected chi connectivity index (χ2v) is 2.82. The molecule has 74 valence electrons. The molecule has 0 spiro atoms. The van der Waals surface area contributed by atoms with Gasteiger partial charge in [-0.15, -0.1) is 6.58 Å². The van der Waals surface area contributed by atoms with Crippen LogP contribution in [0.15, 0.2) is 24.9 Å². The number of hydrogen-bond acceptors (Lipinski definition) is 2. The van der Waals surface area contributed by atoms with E-state index in [1.807, 2.05) is 25.2 Å². The topological polar surface area (TPSA) is 43.8 Å². The van der Waals surface area contributed by atoms with Crippen LogP contribution in [0.1, 0.15) is 0 Å². The molecule has 0 radical (unpaired) electrons. The molecule has 4 nitrogen and oxygen atoms in total. The molecule has 0 fully saturated rings. The van der Waals surface area contributed by atoms with Crippen LogP contribution in [0.25, 0.3) is 0 Å². The Balaban J connectivity index is 3.95. The molecule has 0 aromatic carbocycles. The predicted octanol–water partition coefficient (Wildman–Crippen LogP) is 1.23. The highest BCUT2D eigenvalue weighted by atomic mass is 16.4. The van der Waals surface area contributed by atoms with Crippen LogP contribution in [-0.4, -0.2) is 48.2 Å². The van der Waals surface area contributed by atoms with Gasteiger partial charge in [-0.3, -0.25) is 0 Å². The van der Waals surface area contributed by atoms with Crippen molar-refractivity contribution in [3.8, 4) is 0 Å². The van der Waals surface area contributed by atoms with Crippen LogP contribution in [0, 0.1) is 0 Å². The minimum absolute atomic E-state index is 0.354. The Morgan fingerprint density at radius 3 is 2.46 bits per heavy atom. The molecule has 0 saturated heterocycles. The zero-order chi connectivity index (χ0) is 10.3. The van der Waals surface area contributed by atoms with Gasteiger partial charge in [0.2, 0.25) is 0 Å². The molecule has 0 aromatic rings.